The van der Waals surface area contributed by atoms with Crippen molar-refractivity contribution in [3.05, 3.63) is 64.7 Å². The normalized spacial score (nSPS) is 19.1. The second-order valence-electron chi connectivity index (χ2n) is 8.06. The van der Waals surface area contributed by atoms with Gasteiger partial charge in [0, 0.05) is 38.0 Å². The smallest absolute Gasteiger partial charge is 0.130 e. The van der Waals surface area contributed by atoms with Crippen LogP contribution < -0.4 is 9.47 Å². The Labute approximate surface area is 167 Å². The van der Waals surface area contributed by atoms with Gasteiger partial charge >= 0.3 is 0 Å². The average molecular weight is 380 g/mol. The number of rotatable bonds is 4. The van der Waals surface area contributed by atoms with Crippen LogP contribution in [0.5, 0.6) is 11.5 Å². The van der Waals surface area contributed by atoms with Crippen molar-refractivity contribution in [2.45, 2.75) is 38.4 Å². The molecule has 0 radical (unpaired) electrons. The zero-order chi connectivity index (χ0) is 19.7. The van der Waals surface area contributed by atoms with Gasteiger partial charge in [-0.1, -0.05) is 18.2 Å². The van der Waals surface area contributed by atoms with Crippen LogP contribution in [0, 0.1) is 13.8 Å². The molecule has 0 aromatic heterocycles. The Balaban J connectivity index is 1.37. The van der Waals surface area contributed by atoms with Crippen molar-refractivity contribution < 1.29 is 14.6 Å². The summed E-state index contributed by atoms with van der Waals surface area (Å²) in [5.74, 6) is 1.81. The van der Waals surface area contributed by atoms with Crippen molar-refractivity contribution in [2.24, 2.45) is 0 Å². The summed E-state index contributed by atoms with van der Waals surface area (Å²) >= 11 is 0. The molecule has 1 N–H and O–H groups in total. The topological polar surface area (TPSA) is 41.9 Å². The summed E-state index contributed by atoms with van der Waals surface area (Å²) in [4.78, 5) is 2.33. The van der Waals surface area contributed by atoms with E-state index in [1.54, 1.807) is 7.11 Å². The van der Waals surface area contributed by atoms with E-state index >= 15 is 0 Å². The highest BCUT2D eigenvalue weighted by molar-refractivity contribution is 5.63. The first-order chi connectivity index (χ1) is 13.5. The monoisotopic (exact) mass is 379 g/mol. The Bertz CT molecular complexity index is 864. The zero-order valence-electron chi connectivity index (χ0n) is 16.9. The van der Waals surface area contributed by atoms with Crippen LogP contribution in [-0.4, -0.2) is 42.4 Å². The quantitative estimate of drug-likeness (QED) is 0.861. The number of hydrogen-bond donors (Lipinski definition) is 1. The van der Waals surface area contributed by atoms with Gasteiger partial charge in [-0.25, -0.2) is 0 Å². The summed E-state index contributed by atoms with van der Waals surface area (Å²) in [7, 11) is 1.65. The van der Waals surface area contributed by atoms with E-state index in [-0.39, 0.29) is 5.60 Å². The summed E-state index contributed by atoms with van der Waals surface area (Å²) in [5.41, 5.74) is 4.45. The first-order valence-electron chi connectivity index (χ1n) is 10.0. The first-order valence-corrected chi connectivity index (χ1v) is 10.0. The Hall–Kier alpha value is -2.30. The lowest BCUT2D eigenvalue weighted by Gasteiger charge is -2.42. The van der Waals surface area contributed by atoms with Crippen LogP contribution >= 0.6 is 0 Å². The van der Waals surface area contributed by atoms with Gasteiger partial charge in [0.2, 0.25) is 0 Å². The van der Waals surface area contributed by atoms with Gasteiger partial charge in [0.25, 0.3) is 0 Å². The van der Waals surface area contributed by atoms with Gasteiger partial charge in [0.05, 0.1) is 13.2 Å². The lowest BCUT2D eigenvalue weighted by molar-refractivity contribution is 0.0201. The Morgan fingerprint density at radius 1 is 1.11 bits per heavy atom. The third kappa shape index (κ3) is 3.80. The Morgan fingerprint density at radius 3 is 2.46 bits per heavy atom. The van der Waals surface area contributed by atoms with Gasteiger partial charge in [0.1, 0.15) is 17.1 Å². The number of piperidine rings is 1. The molecule has 2 heterocycles. The predicted octanol–water partition coefficient (Wildman–Crippen LogP) is 4.29. The molecular weight excluding hydrogens is 350 g/mol. The first kappa shape index (κ1) is 19.0. The Kier molecular flexibility index (Phi) is 5.17. The van der Waals surface area contributed by atoms with Crippen molar-refractivity contribution in [1.82, 2.24) is 4.90 Å². The minimum absolute atomic E-state index is 0.212. The van der Waals surface area contributed by atoms with Gasteiger partial charge < -0.3 is 19.5 Å². The molecule has 0 amide bonds. The number of methoxy groups -OCH3 is 1. The minimum Gasteiger partial charge on any atom is -0.497 e. The molecule has 0 bridgehead atoms. The summed E-state index contributed by atoms with van der Waals surface area (Å²) in [6, 6.07) is 12.0. The lowest BCUT2D eigenvalue weighted by atomic mass is 9.87. The average Bonchev–Trinajstić information content (AvgIpc) is 2.71. The number of likely N-dealkylation sites (tertiary alicyclic amines) is 1. The molecule has 2 aromatic rings. The summed E-state index contributed by atoms with van der Waals surface area (Å²) < 4.78 is 11.7. The highest BCUT2D eigenvalue weighted by Crippen LogP contribution is 2.38. The number of aliphatic hydroxyl groups excluding tert-OH is 1. The molecule has 1 fully saturated rings. The largest absolute Gasteiger partial charge is 0.497 e. The fourth-order valence-electron chi connectivity index (χ4n) is 4.08. The molecule has 0 unspecified atom stereocenters. The van der Waals surface area contributed by atoms with Crippen LogP contribution in [0.3, 0.4) is 0 Å². The number of β-amino-alcohol motifs (C(OH)–C–C–N with tert-alkyl or cyclic N) is 1. The summed E-state index contributed by atoms with van der Waals surface area (Å²) in [6.45, 7) is 6.74. The maximum Gasteiger partial charge on any atom is 0.130 e. The molecule has 148 valence electrons. The summed E-state index contributed by atoms with van der Waals surface area (Å²) in [5, 5.41) is 10.6. The third-order valence-corrected chi connectivity index (χ3v) is 6.14. The molecule has 2 aliphatic heterocycles. The van der Waals surface area contributed by atoms with Crippen LogP contribution in [0.4, 0.5) is 0 Å². The van der Waals surface area contributed by atoms with Gasteiger partial charge in [-0.15, -0.1) is 0 Å². The number of aliphatic hydroxyl groups is 1. The number of nitrogens with zero attached hydrogens (tertiary/aromatic N) is 1. The Morgan fingerprint density at radius 2 is 1.79 bits per heavy atom. The van der Waals surface area contributed by atoms with Crippen LogP contribution in [-0.2, 0) is 0 Å². The zero-order valence-corrected chi connectivity index (χ0v) is 16.9. The molecule has 4 heteroatoms. The molecular formula is C24H29NO3. The van der Waals surface area contributed by atoms with Crippen molar-refractivity contribution in [1.29, 1.82) is 0 Å². The summed E-state index contributed by atoms with van der Waals surface area (Å²) in [6.07, 6.45) is 5.83. The van der Waals surface area contributed by atoms with E-state index < -0.39 is 6.10 Å². The highest BCUT2D eigenvalue weighted by atomic mass is 16.5. The van der Waals surface area contributed by atoms with Gasteiger partial charge in [-0.2, -0.15) is 0 Å². The van der Waals surface area contributed by atoms with Crippen molar-refractivity contribution >= 4 is 6.08 Å². The molecule has 2 aromatic carbocycles. The maximum absolute atomic E-state index is 10.6. The number of benzene rings is 2. The second kappa shape index (κ2) is 7.61. The molecule has 1 saturated heterocycles. The van der Waals surface area contributed by atoms with Crippen molar-refractivity contribution in [3.63, 3.8) is 0 Å². The lowest BCUT2D eigenvalue weighted by Crippen LogP contribution is -2.48. The predicted molar refractivity (Wildman–Crippen MR) is 112 cm³/mol. The van der Waals surface area contributed by atoms with E-state index in [0.29, 0.717) is 6.54 Å². The molecule has 0 aliphatic carbocycles. The fourth-order valence-corrected chi connectivity index (χ4v) is 4.08. The van der Waals surface area contributed by atoms with Crippen LogP contribution in [0.2, 0.25) is 0 Å². The third-order valence-electron chi connectivity index (χ3n) is 6.14. The van der Waals surface area contributed by atoms with E-state index in [9.17, 15) is 5.11 Å². The standard InChI is InChI=1S/C24H29NO3/c1-17-14-20-8-9-24(28-23(20)15-18(17)2)10-12-25(13-11-24)16-22(26)19-4-6-21(27-3)7-5-19/h4-9,14-15,22,26H,10-13,16H2,1-3H3/t22-/m0/s1. The molecule has 4 nitrogen and oxygen atoms in total. The molecule has 4 rings (SSSR count). The van der Waals surface area contributed by atoms with E-state index in [4.69, 9.17) is 9.47 Å². The van der Waals surface area contributed by atoms with Crippen molar-refractivity contribution in [3.8, 4) is 11.5 Å². The fraction of sp³-hybridized carbons (Fsp3) is 0.417. The van der Waals surface area contributed by atoms with E-state index in [1.807, 2.05) is 24.3 Å². The van der Waals surface area contributed by atoms with Gasteiger partial charge in [-0.3, -0.25) is 0 Å². The van der Waals surface area contributed by atoms with E-state index in [1.165, 1.54) is 16.7 Å². The molecule has 1 atom stereocenters. The maximum atomic E-state index is 10.6. The molecule has 2 aliphatic rings. The minimum atomic E-state index is -0.492. The SMILES string of the molecule is COc1ccc([C@@H](O)CN2CCC3(C=Cc4cc(C)c(C)cc4O3)CC2)cc1. The van der Waals surface area contributed by atoms with Crippen LogP contribution in [0.15, 0.2) is 42.5 Å². The van der Waals surface area contributed by atoms with Crippen LogP contribution in [0.25, 0.3) is 6.08 Å². The molecule has 0 saturated carbocycles. The van der Waals surface area contributed by atoms with E-state index in [0.717, 1.165) is 43.0 Å². The number of fused-ring (bicyclic) bond motifs is 1. The second-order valence-corrected chi connectivity index (χ2v) is 8.06. The van der Waals surface area contributed by atoms with Gasteiger partial charge in [-0.05, 0) is 60.9 Å². The number of ether oxygens (including phenoxy) is 2. The van der Waals surface area contributed by atoms with Crippen molar-refractivity contribution in [2.75, 3.05) is 26.7 Å². The number of aryl methyl sites for hydroxylation is 2. The number of hydrogen-bond acceptors (Lipinski definition) is 4. The van der Waals surface area contributed by atoms with E-state index in [2.05, 4.69) is 43.0 Å². The van der Waals surface area contributed by atoms with Gasteiger partial charge in [0.15, 0.2) is 0 Å². The van der Waals surface area contributed by atoms with Crippen LogP contribution in [0.1, 0.15) is 41.2 Å². The molecule has 28 heavy (non-hydrogen) atoms. The highest BCUT2D eigenvalue weighted by Gasteiger charge is 2.37. The molecule has 1 spiro atoms.